The topological polar surface area (TPSA) is 92.6 Å². The van der Waals surface area contributed by atoms with Crippen molar-refractivity contribution in [1.82, 2.24) is 19.0 Å². The molecular formula is C22H32N4O4S. The van der Waals surface area contributed by atoms with Gasteiger partial charge in [-0.3, -0.25) is 14.3 Å². The number of Topliss-reactive ketones (excluding diaryl/α,β-unsaturated/α-hetero) is 1. The first-order valence-corrected chi connectivity index (χ1v) is 13.1. The Kier molecular flexibility index (Phi) is 4.86. The zero-order valence-corrected chi connectivity index (χ0v) is 19.3. The van der Waals surface area contributed by atoms with E-state index in [-0.39, 0.29) is 35.9 Å². The van der Waals surface area contributed by atoms with Crippen LogP contribution < -0.4 is 0 Å². The van der Waals surface area contributed by atoms with Gasteiger partial charge in [0.15, 0.2) is 5.69 Å². The van der Waals surface area contributed by atoms with Gasteiger partial charge in [-0.05, 0) is 49.5 Å². The van der Waals surface area contributed by atoms with Crippen LogP contribution in [-0.4, -0.2) is 71.0 Å². The molecule has 2 saturated carbocycles. The number of hydrogen-bond donors (Lipinski definition) is 0. The van der Waals surface area contributed by atoms with E-state index in [4.69, 9.17) is 0 Å². The maximum atomic E-state index is 13.3. The number of carbonyl (C=O) groups is 2. The van der Waals surface area contributed by atoms with Gasteiger partial charge < -0.3 is 4.90 Å². The van der Waals surface area contributed by atoms with Crippen molar-refractivity contribution in [1.29, 1.82) is 0 Å². The second-order valence-electron chi connectivity index (χ2n) is 10.3. The minimum Gasteiger partial charge on any atom is -0.335 e. The molecule has 2 aliphatic carbocycles. The number of carbonyl (C=O) groups excluding carboxylic acids is 2. The number of aromatic nitrogens is 2. The lowest BCUT2D eigenvalue weighted by Gasteiger charge is -2.39. The van der Waals surface area contributed by atoms with Crippen molar-refractivity contribution in [3.8, 4) is 0 Å². The summed E-state index contributed by atoms with van der Waals surface area (Å²) in [5.41, 5.74) is 0.546. The number of sulfonamides is 1. The van der Waals surface area contributed by atoms with Gasteiger partial charge in [-0.25, -0.2) is 8.42 Å². The summed E-state index contributed by atoms with van der Waals surface area (Å²) in [5, 5.41) is 4.47. The lowest BCUT2D eigenvalue weighted by atomic mass is 9.70. The van der Waals surface area contributed by atoms with Crippen LogP contribution in [0.4, 0.5) is 0 Å². The quantitative estimate of drug-likeness (QED) is 0.699. The number of ketones is 1. The molecule has 31 heavy (non-hydrogen) atoms. The molecule has 4 aliphatic rings. The molecule has 0 aromatic carbocycles. The van der Waals surface area contributed by atoms with Crippen LogP contribution in [0.3, 0.4) is 0 Å². The third-order valence-corrected chi connectivity index (χ3v) is 10.6. The average molecular weight is 449 g/mol. The maximum absolute atomic E-state index is 13.3. The molecule has 1 aromatic rings. The molecule has 0 spiro atoms. The molecule has 170 valence electrons. The van der Waals surface area contributed by atoms with E-state index in [9.17, 15) is 18.0 Å². The molecule has 5 rings (SSSR count). The Bertz CT molecular complexity index is 999. The van der Waals surface area contributed by atoms with Gasteiger partial charge in [0.2, 0.25) is 10.0 Å². The number of piperazine rings is 1. The number of nitrogens with zero attached hydrogens (tertiary/aromatic N) is 4. The molecule has 8 nitrogen and oxygen atoms in total. The van der Waals surface area contributed by atoms with Crippen molar-refractivity contribution in [2.75, 3.05) is 31.9 Å². The highest BCUT2D eigenvalue weighted by Gasteiger charge is 2.65. The first kappa shape index (κ1) is 21.1. The van der Waals surface area contributed by atoms with Gasteiger partial charge in [0, 0.05) is 50.3 Å². The first-order valence-electron chi connectivity index (χ1n) is 11.5. The molecule has 2 aliphatic heterocycles. The average Bonchev–Trinajstić information content (AvgIpc) is 3.33. The molecule has 1 aromatic heterocycles. The monoisotopic (exact) mass is 448 g/mol. The smallest absolute Gasteiger partial charge is 0.274 e. The zero-order chi connectivity index (χ0) is 22.0. The van der Waals surface area contributed by atoms with Crippen LogP contribution in [0.2, 0.25) is 0 Å². The highest BCUT2D eigenvalue weighted by molar-refractivity contribution is 7.89. The van der Waals surface area contributed by atoms with Gasteiger partial charge in [-0.15, -0.1) is 0 Å². The van der Waals surface area contributed by atoms with Gasteiger partial charge in [0.1, 0.15) is 5.78 Å². The van der Waals surface area contributed by atoms with Crippen molar-refractivity contribution in [3.05, 3.63) is 17.5 Å². The SMILES string of the molecule is CC1(C)C2CCC1(CS(=O)(=O)N1CCN(C(=O)c3cc4n(n3)CCCC4)CC1)C(=O)C2. The van der Waals surface area contributed by atoms with Gasteiger partial charge in [0.25, 0.3) is 5.91 Å². The van der Waals surface area contributed by atoms with Crippen LogP contribution in [0.25, 0.3) is 0 Å². The fraction of sp³-hybridized carbons (Fsp3) is 0.773. The van der Waals surface area contributed by atoms with Crippen LogP contribution >= 0.6 is 0 Å². The third-order valence-electron chi connectivity index (χ3n) is 8.62. The van der Waals surface area contributed by atoms with Crippen molar-refractivity contribution in [3.63, 3.8) is 0 Å². The molecule has 3 heterocycles. The summed E-state index contributed by atoms with van der Waals surface area (Å²) in [6.07, 6.45) is 5.28. The minimum absolute atomic E-state index is 0.0932. The molecule has 0 radical (unpaired) electrons. The van der Waals surface area contributed by atoms with E-state index in [0.717, 1.165) is 37.9 Å². The Morgan fingerprint density at radius 2 is 1.90 bits per heavy atom. The molecule has 2 bridgehead atoms. The summed E-state index contributed by atoms with van der Waals surface area (Å²) < 4.78 is 30.0. The van der Waals surface area contributed by atoms with Crippen LogP contribution in [0.5, 0.6) is 0 Å². The molecule has 2 atom stereocenters. The summed E-state index contributed by atoms with van der Waals surface area (Å²) in [5.74, 6) is 0.202. The van der Waals surface area contributed by atoms with Gasteiger partial charge in [-0.2, -0.15) is 9.40 Å². The molecule has 0 N–H and O–H groups in total. The molecular weight excluding hydrogens is 416 g/mol. The number of rotatable bonds is 4. The Morgan fingerprint density at radius 3 is 2.52 bits per heavy atom. The predicted molar refractivity (Wildman–Crippen MR) is 115 cm³/mol. The zero-order valence-electron chi connectivity index (χ0n) is 18.5. The number of aryl methyl sites for hydroxylation is 2. The number of fused-ring (bicyclic) bond motifs is 3. The summed E-state index contributed by atoms with van der Waals surface area (Å²) in [4.78, 5) is 27.4. The molecule has 1 amide bonds. The largest absolute Gasteiger partial charge is 0.335 e. The van der Waals surface area contributed by atoms with E-state index in [1.807, 2.05) is 10.7 Å². The van der Waals surface area contributed by atoms with E-state index in [1.54, 1.807) is 4.90 Å². The van der Waals surface area contributed by atoms with Crippen LogP contribution in [0.15, 0.2) is 6.07 Å². The summed E-state index contributed by atoms with van der Waals surface area (Å²) in [6, 6.07) is 1.88. The van der Waals surface area contributed by atoms with Gasteiger partial charge >= 0.3 is 0 Å². The van der Waals surface area contributed by atoms with E-state index < -0.39 is 15.4 Å². The predicted octanol–water partition coefficient (Wildman–Crippen LogP) is 1.70. The van der Waals surface area contributed by atoms with Crippen molar-refractivity contribution in [2.24, 2.45) is 16.7 Å². The Morgan fingerprint density at radius 1 is 1.16 bits per heavy atom. The van der Waals surface area contributed by atoms with Crippen LogP contribution in [-0.2, 0) is 27.8 Å². The highest BCUT2D eigenvalue weighted by Crippen LogP contribution is 2.64. The van der Waals surface area contributed by atoms with E-state index >= 15 is 0 Å². The maximum Gasteiger partial charge on any atom is 0.274 e. The standard InChI is InChI=1S/C22H32N4O4S/c1-21(2)16-6-7-22(21,19(27)13-16)15-31(29,30)25-11-9-24(10-12-25)20(28)18-14-17-5-3-4-8-26(17)23-18/h14,16H,3-13,15H2,1-2H3. The molecule has 2 unspecified atom stereocenters. The van der Waals surface area contributed by atoms with E-state index in [2.05, 4.69) is 18.9 Å². The second kappa shape index (κ2) is 7.13. The van der Waals surface area contributed by atoms with Crippen LogP contribution in [0, 0.1) is 16.7 Å². The van der Waals surface area contributed by atoms with Crippen molar-refractivity contribution < 1.29 is 18.0 Å². The second-order valence-corrected chi connectivity index (χ2v) is 12.3. The lowest BCUT2D eigenvalue weighted by Crippen LogP contribution is -2.53. The Balaban J connectivity index is 1.25. The van der Waals surface area contributed by atoms with Crippen molar-refractivity contribution >= 4 is 21.7 Å². The minimum atomic E-state index is -3.58. The lowest BCUT2D eigenvalue weighted by molar-refractivity contribution is -0.128. The van der Waals surface area contributed by atoms with Crippen LogP contribution in [0.1, 0.15) is 62.1 Å². The Hall–Kier alpha value is -1.74. The van der Waals surface area contributed by atoms with Gasteiger partial charge in [-0.1, -0.05) is 13.8 Å². The molecule has 3 fully saturated rings. The summed E-state index contributed by atoms with van der Waals surface area (Å²) in [7, 11) is -3.58. The fourth-order valence-corrected chi connectivity index (χ4v) is 8.57. The third kappa shape index (κ3) is 3.18. The number of hydrogen-bond acceptors (Lipinski definition) is 5. The highest BCUT2D eigenvalue weighted by atomic mass is 32.2. The Labute approximate surface area is 184 Å². The summed E-state index contributed by atoms with van der Waals surface area (Å²) in [6.45, 7) is 6.23. The molecule has 1 saturated heterocycles. The van der Waals surface area contributed by atoms with Crippen molar-refractivity contribution in [2.45, 2.75) is 58.9 Å². The van der Waals surface area contributed by atoms with Gasteiger partial charge in [0.05, 0.1) is 5.75 Å². The molecule has 9 heteroatoms. The number of amides is 1. The summed E-state index contributed by atoms with van der Waals surface area (Å²) >= 11 is 0. The van der Waals surface area contributed by atoms with E-state index in [0.29, 0.717) is 37.5 Å². The first-order chi connectivity index (χ1) is 14.6. The normalized spacial score (nSPS) is 30.6. The fourth-order valence-electron chi connectivity index (χ4n) is 6.36. The van der Waals surface area contributed by atoms with E-state index in [1.165, 1.54) is 4.31 Å².